The van der Waals surface area contributed by atoms with Crippen LogP contribution in [0.3, 0.4) is 0 Å². The topological polar surface area (TPSA) is 48.7 Å². The maximum Gasteiger partial charge on any atom is 0.144 e. The molecule has 1 aromatic carbocycles. The highest BCUT2D eigenvalue weighted by molar-refractivity contribution is 9.10. The van der Waals surface area contributed by atoms with Gasteiger partial charge in [0, 0.05) is 17.1 Å². The van der Waals surface area contributed by atoms with E-state index in [0.29, 0.717) is 22.6 Å². The van der Waals surface area contributed by atoms with Crippen molar-refractivity contribution in [3.63, 3.8) is 0 Å². The van der Waals surface area contributed by atoms with Gasteiger partial charge in [0.15, 0.2) is 0 Å². The summed E-state index contributed by atoms with van der Waals surface area (Å²) < 4.78 is 14.5. The van der Waals surface area contributed by atoms with Crippen LogP contribution in [0.5, 0.6) is 0 Å². The average Bonchev–Trinajstić information content (AvgIpc) is 2.40. The first kappa shape index (κ1) is 12.5. The Bertz CT molecular complexity index is 635. The summed E-state index contributed by atoms with van der Waals surface area (Å²) in [6, 6.07) is 9.93. The summed E-state index contributed by atoms with van der Waals surface area (Å²) in [4.78, 5) is 4.24. The summed E-state index contributed by atoms with van der Waals surface area (Å²) in [5.41, 5.74) is 1.30. The van der Waals surface area contributed by atoms with Crippen molar-refractivity contribution < 1.29 is 4.39 Å². The molecule has 2 aromatic rings. The molecule has 0 aliphatic rings. The molecule has 0 fully saturated rings. The SMILES string of the molecule is CNc1nc(-c2cc(Br)ccc2F)ccc1C#N. The molecule has 0 aliphatic carbocycles. The molecule has 1 aromatic heterocycles. The Balaban J connectivity index is 2.58. The smallest absolute Gasteiger partial charge is 0.144 e. The Morgan fingerprint density at radius 1 is 1.33 bits per heavy atom. The molecule has 0 spiro atoms. The summed E-state index contributed by atoms with van der Waals surface area (Å²) in [5, 5.41) is 11.7. The zero-order valence-corrected chi connectivity index (χ0v) is 11.1. The Hall–Kier alpha value is -1.93. The third kappa shape index (κ3) is 2.34. The lowest BCUT2D eigenvalue weighted by molar-refractivity contribution is 0.630. The van der Waals surface area contributed by atoms with Crippen molar-refractivity contribution in [2.75, 3.05) is 12.4 Å². The van der Waals surface area contributed by atoms with Crippen LogP contribution in [0.2, 0.25) is 0 Å². The number of benzene rings is 1. The molecule has 0 saturated carbocycles. The molecular formula is C13H9BrFN3. The zero-order chi connectivity index (χ0) is 13.1. The number of anilines is 1. The number of halogens is 2. The van der Waals surface area contributed by atoms with Gasteiger partial charge in [-0.3, -0.25) is 0 Å². The largest absolute Gasteiger partial charge is 0.372 e. The molecule has 3 nitrogen and oxygen atoms in total. The van der Waals surface area contributed by atoms with Crippen LogP contribution in [0.1, 0.15) is 5.56 Å². The first-order valence-corrected chi connectivity index (χ1v) is 5.99. The Morgan fingerprint density at radius 3 is 2.78 bits per heavy atom. The van der Waals surface area contributed by atoms with Crippen molar-refractivity contribution in [2.45, 2.75) is 0 Å². The molecule has 0 radical (unpaired) electrons. The lowest BCUT2D eigenvalue weighted by Crippen LogP contribution is -1.98. The van der Waals surface area contributed by atoms with Gasteiger partial charge in [-0.1, -0.05) is 15.9 Å². The van der Waals surface area contributed by atoms with Crippen molar-refractivity contribution >= 4 is 21.7 Å². The second kappa shape index (κ2) is 5.15. The van der Waals surface area contributed by atoms with Crippen LogP contribution in [0.25, 0.3) is 11.3 Å². The maximum atomic E-state index is 13.7. The Labute approximate surface area is 112 Å². The number of pyridine rings is 1. The van der Waals surface area contributed by atoms with Crippen molar-refractivity contribution in [1.29, 1.82) is 5.26 Å². The average molecular weight is 306 g/mol. The van der Waals surface area contributed by atoms with Gasteiger partial charge >= 0.3 is 0 Å². The second-order valence-electron chi connectivity index (χ2n) is 3.58. The van der Waals surface area contributed by atoms with Gasteiger partial charge in [-0.25, -0.2) is 9.37 Å². The molecular weight excluding hydrogens is 297 g/mol. The fourth-order valence-electron chi connectivity index (χ4n) is 1.58. The summed E-state index contributed by atoms with van der Waals surface area (Å²) in [6.45, 7) is 0. The molecule has 0 aliphatic heterocycles. The second-order valence-corrected chi connectivity index (χ2v) is 4.49. The van der Waals surface area contributed by atoms with Crippen LogP contribution < -0.4 is 5.32 Å². The quantitative estimate of drug-likeness (QED) is 0.923. The normalized spacial score (nSPS) is 9.89. The standard InChI is InChI=1S/C13H9BrFN3/c1-17-13-8(7-16)2-5-12(18-13)10-6-9(14)3-4-11(10)15/h2-6H,1H3,(H,17,18). The van der Waals surface area contributed by atoms with E-state index in [1.807, 2.05) is 6.07 Å². The van der Waals surface area contributed by atoms with E-state index in [0.717, 1.165) is 4.47 Å². The lowest BCUT2D eigenvalue weighted by atomic mass is 10.1. The highest BCUT2D eigenvalue weighted by atomic mass is 79.9. The zero-order valence-electron chi connectivity index (χ0n) is 9.54. The van der Waals surface area contributed by atoms with Crippen molar-refractivity contribution in [3.05, 3.63) is 46.2 Å². The highest BCUT2D eigenvalue weighted by Gasteiger charge is 2.10. The van der Waals surface area contributed by atoms with Gasteiger partial charge in [-0.05, 0) is 30.3 Å². The maximum absolute atomic E-state index is 13.7. The van der Waals surface area contributed by atoms with E-state index in [2.05, 4.69) is 26.2 Å². The monoisotopic (exact) mass is 305 g/mol. The minimum Gasteiger partial charge on any atom is -0.372 e. The van der Waals surface area contributed by atoms with Crippen LogP contribution in [0.4, 0.5) is 10.2 Å². The fourth-order valence-corrected chi connectivity index (χ4v) is 1.94. The van der Waals surface area contributed by atoms with Crippen LogP contribution in [0.15, 0.2) is 34.8 Å². The van der Waals surface area contributed by atoms with Gasteiger partial charge in [0.1, 0.15) is 17.7 Å². The molecule has 0 amide bonds. The number of rotatable bonds is 2. The van der Waals surface area contributed by atoms with E-state index in [9.17, 15) is 4.39 Å². The van der Waals surface area contributed by atoms with E-state index in [1.54, 1.807) is 31.3 Å². The van der Waals surface area contributed by atoms with Gasteiger partial charge in [0.25, 0.3) is 0 Å². The van der Waals surface area contributed by atoms with Crippen molar-refractivity contribution in [2.24, 2.45) is 0 Å². The van der Waals surface area contributed by atoms with Crippen LogP contribution in [-0.4, -0.2) is 12.0 Å². The van der Waals surface area contributed by atoms with E-state index in [1.165, 1.54) is 6.07 Å². The van der Waals surface area contributed by atoms with Gasteiger partial charge in [-0.15, -0.1) is 0 Å². The molecule has 0 unspecified atom stereocenters. The molecule has 0 atom stereocenters. The number of hydrogen-bond acceptors (Lipinski definition) is 3. The third-order valence-corrected chi connectivity index (χ3v) is 2.95. The number of nitrogens with one attached hydrogen (secondary N) is 1. The van der Waals surface area contributed by atoms with Crippen LogP contribution in [0, 0.1) is 17.1 Å². The number of aromatic nitrogens is 1. The third-order valence-electron chi connectivity index (χ3n) is 2.46. The first-order chi connectivity index (χ1) is 8.65. The molecule has 2 rings (SSSR count). The molecule has 1 N–H and O–H groups in total. The molecule has 18 heavy (non-hydrogen) atoms. The molecule has 0 bridgehead atoms. The van der Waals surface area contributed by atoms with Gasteiger partial charge in [0.2, 0.25) is 0 Å². The molecule has 90 valence electrons. The Kier molecular flexibility index (Phi) is 3.58. The minimum absolute atomic E-state index is 0.350. The molecule has 0 saturated heterocycles. The van der Waals surface area contributed by atoms with E-state index in [-0.39, 0.29) is 5.82 Å². The van der Waals surface area contributed by atoms with E-state index >= 15 is 0 Å². The van der Waals surface area contributed by atoms with Gasteiger partial charge in [-0.2, -0.15) is 5.26 Å². The van der Waals surface area contributed by atoms with Crippen LogP contribution in [-0.2, 0) is 0 Å². The summed E-state index contributed by atoms with van der Waals surface area (Å²) >= 11 is 3.29. The molecule has 1 heterocycles. The van der Waals surface area contributed by atoms with E-state index in [4.69, 9.17) is 5.26 Å². The number of nitriles is 1. The van der Waals surface area contributed by atoms with Crippen molar-refractivity contribution in [3.8, 4) is 17.3 Å². The number of hydrogen-bond donors (Lipinski definition) is 1. The first-order valence-electron chi connectivity index (χ1n) is 5.20. The summed E-state index contributed by atoms with van der Waals surface area (Å²) in [6.07, 6.45) is 0. The molecule has 5 heteroatoms. The fraction of sp³-hybridized carbons (Fsp3) is 0.0769. The van der Waals surface area contributed by atoms with Crippen molar-refractivity contribution in [1.82, 2.24) is 4.98 Å². The summed E-state index contributed by atoms with van der Waals surface area (Å²) in [7, 11) is 1.67. The minimum atomic E-state index is -0.350. The lowest BCUT2D eigenvalue weighted by Gasteiger charge is -2.07. The predicted molar refractivity (Wildman–Crippen MR) is 71.6 cm³/mol. The highest BCUT2D eigenvalue weighted by Crippen LogP contribution is 2.26. The predicted octanol–water partition coefficient (Wildman–Crippen LogP) is 3.56. The summed E-state index contributed by atoms with van der Waals surface area (Å²) in [5.74, 6) is 0.0897. The van der Waals surface area contributed by atoms with Gasteiger partial charge < -0.3 is 5.32 Å². The van der Waals surface area contributed by atoms with Gasteiger partial charge in [0.05, 0.1) is 11.3 Å². The van der Waals surface area contributed by atoms with Crippen LogP contribution >= 0.6 is 15.9 Å². The Morgan fingerprint density at radius 2 is 2.11 bits per heavy atom. The number of nitrogens with zero attached hydrogens (tertiary/aromatic N) is 2. The van der Waals surface area contributed by atoms with E-state index < -0.39 is 0 Å².